The molecule has 0 bridgehead atoms. The SMILES string of the molecule is COc1ccc(F)c(F)c1CN1CCN(C(=O)[C@H](N)C2CCN(CCc3ccccc3)CC2)CC1. The van der Waals surface area contributed by atoms with Gasteiger partial charge in [0.2, 0.25) is 5.91 Å². The molecule has 8 heteroatoms. The number of carbonyl (C=O) groups excluding carboxylic acids is 1. The summed E-state index contributed by atoms with van der Waals surface area (Å²) in [6.45, 7) is 5.41. The van der Waals surface area contributed by atoms with Gasteiger partial charge in [0.1, 0.15) is 5.75 Å². The van der Waals surface area contributed by atoms with E-state index in [2.05, 4.69) is 29.2 Å². The Morgan fingerprint density at radius 3 is 2.34 bits per heavy atom. The third kappa shape index (κ3) is 6.37. The van der Waals surface area contributed by atoms with E-state index in [1.807, 2.05) is 15.9 Å². The van der Waals surface area contributed by atoms with Crippen molar-refractivity contribution < 1.29 is 18.3 Å². The minimum atomic E-state index is -0.883. The largest absolute Gasteiger partial charge is 0.496 e. The van der Waals surface area contributed by atoms with E-state index < -0.39 is 17.7 Å². The Balaban J connectivity index is 1.22. The number of likely N-dealkylation sites (tertiary alicyclic amines) is 1. The number of piperidine rings is 1. The van der Waals surface area contributed by atoms with Crippen LogP contribution in [0.4, 0.5) is 8.78 Å². The quantitative estimate of drug-likeness (QED) is 0.622. The predicted octanol–water partition coefficient (Wildman–Crippen LogP) is 2.90. The molecule has 4 rings (SSSR count). The van der Waals surface area contributed by atoms with Gasteiger partial charge in [0.15, 0.2) is 11.6 Å². The van der Waals surface area contributed by atoms with Crippen LogP contribution in [0.25, 0.3) is 0 Å². The molecule has 2 fully saturated rings. The van der Waals surface area contributed by atoms with Crippen molar-refractivity contribution in [3.05, 3.63) is 65.2 Å². The van der Waals surface area contributed by atoms with Gasteiger partial charge in [-0.3, -0.25) is 9.69 Å². The Bertz CT molecular complexity index is 975. The van der Waals surface area contributed by atoms with Crippen molar-refractivity contribution in [2.45, 2.75) is 31.8 Å². The van der Waals surface area contributed by atoms with Gasteiger partial charge in [0.05, 0.1) is 13.2 Å². The number of amides is 1. The zero-order valence-electron chi connectivity index (χ0n) is 20.5. The Morgan fingerprint density at radius 1 is 1.00 bits per heavy atom. The van der Waals surface area contributed by atoms with Gasteiger partial charge < -0.3 is 20.3 Å². The van der Waals surface area contributed by atoms with Gasteiger partial charge in [-0.15, -0.1) is 0 Å². The van der Waals surface area contributed by atoms with E-state index in [9.17, 15) is 13.6 Å². The van der Waals surface area contributed by atoms with Crippen LogP contribution < -0.4 is 10.5 Å². The molecule has 2 saturated heterocycles. The van der Waals surface area contributed by atoms with Gasteiger partial charge >= 0.3 is 0 Å². The van der Waals surface area contributed by atoms with Gasteiger partial charge in [0.25, 0.3) is 0 Å². The molecule has 2 aliphatic heterocycles. The first-order valence-corrected chi connectivity index (χ1v) is 12.5. The molecule has 0 spiro atoms. The molecule has 0 radical (unpaired) electrons. The second-order valence-corrected chi connectivity index (χ2v) is 9.58. The minimum Gasteiger partial charge on any atom is -0.496 e. The maximum absolute atomic E-state index is 14.3. The van der Waals surface area contributed by atoms with E-state index in [4.69, 9.17) is 10.5 Å². The van der Waals surface area contributed by atoms with Crippen molar-refractivity contribution >= 4 is 5.91 Å². The summed E-state index contributed by atoms with van der Waals surface area (Å²) in [7, 11) is 1.45. The number of nitrogens with zero attached hydrogens (tertiary/aromatic N) is 3. The zero-order valence-corrected chi connectivity index (χ0v) is 20.5. The summed E-state index contributed by atoms with van der Waals surface area (Å²) >= 11 is 0. The fourth-order valence-corrected chi connectivity index (χ4v) is 5.14. The number of rotatable bonds is 8. The molecular weight excluding hydrogens is 450 g/mol. The molecule has 0 aliphatic carbocycles. The lowest BCUT2D eigenvalue weighted by Gasteiger charge is -2.39. The number of carbonyl (C=O) groups is 1. The predicted molar refractivity (Wildman–Crippen MR) is 132 cm³/mol. The topological polar surface area (TPSA) is 62.0 Å². The number of hydrogen-bond acceptors (Lipinski definition) is 5. The van der Waals surface area contributed by atoms with Crippen LogP contribution in [0, 0.1) is 17.6 Å². The number of ether oxygens (including phenoxy) is 1. The zero-order chi connectivity index (χ0) is 24.8. The molecule has 2 N–H and O–H groups in total. The smallest absolute Gasteiger partial charge is 0.239 e. The van der Waals surface area contributed by atoms with E-state index in [0.29, 0.717) is 31.9 Å². The molecule has 2 aliphatic rings. The van der Waals surface area contributed by atoms with Crippen LogP contribution >= 0.6 is 0 Å². The second-order valence-electron chi connectivity index (χ2n) is 9.58. The van der Waals surface area contributed by atoms with Crippen molar-refractivity contribution in [2.75, 3.05) is 52.9 Å². The van der Waals surface area contributed by atoms with E-state index >= 15 is 0 Å². The normalized spacial score (nSPS) is 19.0. The average molecular weight is 487 g/mol. The molecule has 2 aromatic rings. The highest BCUT2D eigenvalue weighted by atomic mass is 19.2. The minimum absolute atomic E-state index is 0.00176. The van der Waals surface area contributed by atoms with Crippen molar-refractivity contribution in [3.8, 4) is 5.75 Å². The summed E-state index contributed by atoms with van der Waals surface area (Å²) in [6.07, 6.45) is 2.90. The van der Waals surface area contributed by atoms with Gasteiger partial charge in [-0.05, 0) is 56.0 Å². The molecule has 0 saturated carbocycles. The molecule has 35 heavy (non-hydrogen) atoms. The highest BCUT2D eigenvalue weighted by molar-refractivity contribution is 5.82. The van der Waals surface area contributed by atoms with Crippen LogP contribution in [-0.2, 0) is 17.8 Å². The Hall–Kier alpha value is -2.55. The fourth-order valence-electron chi connectivity index (χ4n) is 5.14. The number of piperazine rings is 1. The molecule has 1 atom stereocenters. The monoisotopic (exact) mass is 486 g/mol. The molecule has 1 amide bonds. The van der Waals surface area contributed by atoms with Crippen LogP contribution in [0.2, 0.25) is 0 Å². The van der Waals surface area contributed by atoms with Crippen molar-refractivity contribution in [1.29, 1.82) is 0 Å². The summed E-state index contributed by atoms with van der Waals surface area (Å²) in [5.41, 5.74) is 7.99. The van der Waals surface area contributed by atoms with Crippen LogP contribution in [0.5, 0.6) is 5.75 Å². The first kappa shape index (κ1) is 25.5. The van der Waals surface area contributed by atoms with Crippen LogP contribution in [0.3, 0.4) is 0 Å². The third-order valence-electron chi connectivity index (χ3n) is 7.42. The molecule has 0 unspecified atom stereocenters. The van der Waals surface area contributed by atoms with Gasteiger partial charge in [0, 0.05) is 44.8 Å². The fraction of sp³-hybridized carbons (Fsp3) is 0.519. The molecule has 2 heterocycles. The first-order chi connectivity index (χ1) is 17.0. The summed E-state index contributed by atoms with van der Waals surface area (Å²) in [4.78, 5) is 19.4. The lowest BCUT2D eigenvalue weighted by molar-refractivity contribution is -0.136. The highest BCUT2D eigenvalue weighted by Gasteiger charge is 2.33. The third-order valence-corrected chi connectivity index (χ3v) is 7.42. The van der Waals surface area contributed by atoms with Crippen LogP contribution in [0.1, 0.15) is 24.0 Å². The van der Waals surface area contributed by atoms with Gasteiger partial charge in [-0.2, -0.15) is 0 Å². The maximum Gasteiger partial charge on any atom is 0.239 e. The lowest BCUT2D eigenvalue weighted by atomic mass is 9.88. The van der Waals surface area contributed by atoms with Crippen molar-refractivity contribution in [1.82, 2.24) is 14.7 Å². The summed E-state index contributed by atoms with van der Waals surface area (Å²) in [5.74, 6) is -1.23. The van der Waals surface area contributed by atoms with Gasteiger partial charge in [-0.1, -0.05) is 30.3 Å². The number of nitrogens with two attached hydrogens (primary N) is 1. The van der Waals surface area contributed by atoms with Gasteiger partial charge in [-0.25, -0.2) is 8.78 Å². The second kappa shape index (κ2) is 11.9. The first-order valence-electron chi connectivity index (χ1n) is 12.5. The highest BCUT2D eigenvalue weighted by Crippen LogP contribution is 2.26. The molecule has 6 nitrogen and oxygen atoms in total. The van der Waals surface area contributed by atoms with Crippen molar-refractivity contribution in [2.24, 2.45) is 11.7 Å². The number of hydrogen-bond donors (Lipinski definition) is 1. The standard InChI is InChI=1S/C27H36F2N4O2/c1-35-24-8-7-23(28)25(29)22(24)19-32-15-17-33(18-16-32)27(34)26(30)21-10-13-31(14-11-21)12-9-20-5-3-2-4-6-20/h2-8,21,26H,9-19,30H2,1H3/t26-/m1/s1. The lowest BCUT2D eigenvalue weighted by Crippen LogP contribution is -2.55. The Morgan fingerprint density at radius 2 is 1.69 bits per heavy atom. The summed E-state index contributed by atoms with van der Waals surface area (Å²) < 4.78 is 33.2. The summed E-state index contributed by atoms with van der Waals surface area (Å²) in [5, 5.41) is 0. The van der Waals surface area contributed by atoms with Crippen molar-refractivity contribution in [3.63, 3.8) is 0 Å². The Labute approximate surface area is 206 Å². The molecule has 190 valence electrons. The molecule has 2 aromatic carbocycles. The number of halogens is 2. The van der Waals surface area contributed by atoms with E-state index in [1.165, 1.54) is 18.7 Å². The molecular formula is C27H36F2N4O2. The van der Waals surface area contributed by atoms with E-state index in [1.54, 1.807) is 0 Å². The maximum atomic E-state index is 14.3. The average Bonchev–Trinajstić information content (AvgIpc) is 2.91. The molecule has 0 aromatic heterocycles. The van der Waals surface area contributed by atoms with E-state index in [-0.39, 0.29) is 23.9 Å². The van der Waals surface area contributed by atoms with Crippen LogP contribution in [-0.4, -0.2) is 79.6 Å². The Kier molecular flexibility index (Phi) is 8.70. The number of benzene rings is 2. The van der Waals surface area contributed by atoms with Crippen LogP contribution in [0.15, 0.2) is 42.5 Å². The van der Waals surface area contributed by atoms with E-state index in [0.717, 1.165) is 45.0 Å². The number of methoxy groups -OCH3 is 1. The summed E-state index contributed by atoms with van der Waals surface area (Å²) in [6, 6.07) is 12.5.